The van der Waals surface area contributed by atoms with E-state index in [-0.39, 0.29) is 12.5 Å². The van der Waals surface area contributed by atoms with Crippen LogP contribution in [0.5, 0.6) is 17.4 Å². The lowest BCUT2D eigenvalue weighted by molar-refractivity contribution is -0.118. The molecule has 0 radical (unpaired) electrons. The molecule has 7 heteroatoms. The second kappa shape index (κ2) is 10.8. The first kappa shape index (κ1) is 21.1. The molecule has 0 saturated carbocycles. The van der Waals surface area contributed by atoms with Gasteiger partial charge in [0.15, 0.2) is 6.61 Å². The van der Waals surface area contributed by atoms with Gasteiger partial charge in [-0.25, -0.2) is 0 Å². The molecule has 0 aliphatic rings. The van der Waals surface area contributed by atoms with E-state index in [2.05, 4.69) is 22.4 Å². The van der Waals surface area contributed by atoms with E-state index in [0.29, 0.717) is 30.5 Å². The summed E-state index contributed by atoms with van der Waals surface area (Å²) in [5.41, 5.74) is 2.30. The van der Waals surface area contributed by atoms with E-state index in [1.807, 2.05) is 49.4 Å². The first-order chi connectivity index (χ1) is 14.7. The van der Waals surface area contributed by atoms with Crippen molar-refractivity contribution >= 4 is 11.6 Å². The Bertz CT molecular complexity index is 926. The number of hydrogen-bond donors (Lipinski definition) is 1. The van der Waals surface area contributed by atoms with Crippen LogP contribution in [0.3, 0.4) is 0 Å². The molecule has 1 aromatic heterocycles. The number of amides is 1. The van der Waals surface area contributed by atoms with Gasteiger partial charge in [-0.15, -0.1) is 10.2 Å². The van der Waals surface area contributed by atoms with Crippen molar-refractivity contribution in [1.82, 2.24) is 10.2 Å². The lowest BCUT2D eigenvalue weighted by Crippen LogP contribution is -2.20. The van der Waals surface area contributed by atoms with Gasteiger partial charge in [0, 0.05) is 17.3 Å². The van der Waals surface area contributed by atoms with Crippen molar-refractivity contribution in [2.75, 3.05) is 25.1 Å². The molecule has 7 nitrogen and oxygen atoms in total. The fourth-order valence-corrected chi connectivity index (χ4v) is 2.62. The third-order valence-electron chi connectivity index (χ3n) is 4.06. The summed E-state index contributed by atoms with van der Waals surface area (Å²) in [5, 5.41) is 11.0. The first-order valence-electron chi connectivity index (χ1n) is 9.90. The zero-order valence-corrected chi connectivity index (χ0v) is 17.1. The standard InChI is InChI=1S/C23H25N3O4/c1-3-15-29-19-9-11-20(12-10-19)30-16-22(27)24-18-7-5-17(6-8-18)21-13-14-23(26-25-21)28-4-2/h5-14H,3-4,15-16H2,1-2H3,(H,24,27). The van der Waals surface area contributed by atoms with Crippen LogP contribution in [0, 0.1) is 0 Å². The van der Waals surface area contributed by atoms with Crippen LogP contribution < -0.4 is 19.5 Å². The molecule has 0 fully saturated rings. The Hall–Kier alpha value is -3.61. The fourth-order valence-electron chi connectivity index (χ4n) is 2.62. The van der Waals surface area contributed by atoms with Crippen LogP contribution in [-0.4, -0.2) is 35.9 Å². The minimum atomic E-state index is -0.241. The second-order valence-electron chi connectivity index (χ2n) is 6.42. The van der Waals surface area contributed by atoms with Crippen LogP contribution in [0.1, 0.15) is 20.3 Å². The van der Waals surface area contributed by atoms with Gasteiger partial charge in [-0.3, -0.25) is 4.79 Å². The minimum Gasteiger partial charge on any atom is -0.494 e. The van der Waals surface area contributed by atoms with Gasteiger partial charge in [0.2, 0.25) is 5.88 Å². The highest BCUT2D eigenvalue weighted by Crippen LogP contribution is 2.21. The maximum absolute atomic E-state index is 12.2. The Morgan fingerprint density at radius 1 is 0.833 bits per heavy atom. The minimum absolute atomic E-state index is 0.0821. The van der Waals surface area contributed by atoms with E-state index >= 15 is 0 Å². The monoisotopic (exact) mass is 407 g/mol. The lowest BCUT2D eigenvalue weighted by atomic mass is 10.1. The summed E-state index contributed by atoms with van der Waals surface area (Å²) in [6.45, 7) is 5.09. The fraction of sp³-hybridized carbons (Fsp3) is 0.261. The quantitative estimate of drug-likeness (QED) is 0.538. The van der Waals surface area contributed by atoms with Crippen LogP contribution in [-0.2, 0) is 4.79 Å². The molecule has 0 spiro atoms. The van der Waals surface area contributed by atoms with E-state index in [9.17, 15) is 4.79 Å². The van der Waals surface area contributed by atoms with E-state index in [1.165, 1.54) is 0 Å². The Morgan fingerprint density at radius 2 is 1.53 bits per heavy atom. The van der Waals surface area contributed by atoms with Crippen molar-refractivity contribution in [3.63, 3.8) is 0 Å². The van der Waals surface area contributed by atoms with Gasteiger partial charge in [0.1, 0.15) is 11.5 Å². The van der Waals surface area contributed by atoms with E-state index in [0.717, 1.165) is 23.4 Å². The molecule has 0 aliphatic heterocycles. The molecule has 3 aromatic rings. The summed E-state index contributed by atoms with van der Waals surface area (Å²) < 4.78 is 16.3. The Labute approximate surface area is 176 Å². The maximum atomic E-state index is 12.2. The summed E-state index contributed by atoms with van der Waals surface area (Å²) in [6, 6.07) is 18.2. The highest BCUT2D eigenvalue weighted by Gasteiger charge is 2.06. The Kier molecular flexibility index (Phi) is 7.60. The van der Waals surface area contributed by atoms with Crippen LogP contribution >= 0.6 is 0 Å². The third-order valence-corrected chi connectivity index (χ3v) is 4.06. The van der Waals surface area contributed by atoms with Gasteiger partial charge >= 0.3 is 0 Å². The van der Waals surface area contributed by atoms with Gasteiger partial charge in [0.25, 0.3) is 5.91 Å². The number of benzene rings is 2. The van der Waals surface area contributed by atoms with E-state index < -0.39 is 0 Å². The van der Waals surface area contributed by atoms with E-state index in [1.54, 1.807) is 18.2 Å². The molecule has 0 aliphatic carbocycles. The van der Waals surface area contributed by atoms with Crippen molar-refractivity contribution in [2.24, 2.45) is 0 Å². The number of ether oxygens (including phenoxy) is 3. The average molecular weight is 407 g/mol. The molecule has 1 amide bonds. The van der Waals surface area contributed by atoms with Crippen LogP contribution in [0.15, 0.2) is 60.7 Å². The molecule has 0 atom stereocenters. The van der Waals surface area contributed by atoms with Crippen LogP contribution in [0.4, 0.5) is 5.69 Å². The molecular formula is C23H25N3O4. The van der Waals surface area contributed by atoms with Crippen LogP contribution in [0.2, 0.25) is 0 Å². The molecule has 1 heterocycles. The molecule has 2 aromatic carbocycles. The topological polar surface area (TPSA) is 82.6 Å². The number of carbonyl (C=O) groups is 1. The summed E-state index contributed by atoms with van der Waals surface area (Å²) in [6.07, 6.45) is 0.951. The number of aromatic nitrogens is 2. The Morgan fingerprint density at radius 3 is 2.13 bits per heavy atom. The summed E-state index contributed by atoms with van der Waals surface area (Å²) >= 11 is 0. The molecule has 3 rings (SSSR count). The predicted octanol–water partition coefficient (Wildman–Crippen LogP) is 4.35. The van der Waals surface area contributed by atoms with Gasteiger partial charge in [-0.2, -0.15) is 0 Å². The van der Waals surface area contributed by atoms with Crippen molar-refractivity contribution in [3.8, 4) is 28.6 Å². The van der Waals surface area contributed by atoms with Gasteiger partial charge < -0.3 is 19.5 Å². The molecule has 156 valence electrons. The number of carbonyl (C=O) groups excluding carboxylic acids is 1. The number of nitrogens with zero attached hydrogens (tertiary/aromatic N) is 2. The van der Waals surface area contributed by atoms with Gasteiger partial charge in [-0.05, 0) is 55.8 Å². The average Bonchev–Trinajstić information content (AvgIpc) is 2.78. The zero-order chi connectivity index (χ0) is 21.2. The molecule has 0 unspecified atom stereocenters. The van der Waals surface area contributed by atoms with Crippen molar-refractivity contribution in [1.29, 1.82) is 0 Å². The molecule has 1 N–H and O–H groups in total. The van der Waals surface area contributed by atoms with E-state index in [4.69, 9.17) is 14.2 Å². The molecule has 0 bridgehead atoms. The van der Waals surface area contributed by atoms with Crippen molar-refractivity contribution < 1.29 is 19.0 Å². The third kappa shape index (κ3) is 6.20. The second-order valence-corrected chi connectivity index (χ2v) is 6.42. The Balaban J connectivity index is 1.49. The number of nitrogens with one attached hydrogen (secondary N) is 1. The zero-order valence-electron chi connectivity index (χ0n) is 17.1. The number of hydrogen-bond acceptors (Lipinski definition) is 6. The molecule has 30 heavy (non-hydrogen) atoms. The number of rotatable bonds is 10. The van der Waals surface area contributed by atoms with Gasteiger partial charge in [0.05, 0.1) is 18.9 Å². The highest BCUT2D eigenvalue weighted by molar-refractivity contribution is 5.92. The van der Waals surface area contributed by atoms with Crippen LogP contribution in [0.25, 0.3) is 11.3 Å². The summed E-state index contributed by atoms with van der Waals surface area (Å²) in [7, 11) is 0. The molecular weight excluding hydrogens is 382 g/mol. The normalized spacial score (nSPS) is 10.3. The van der Waals surface area contributed by atoms with Gasteiger partial charge in [-0.1, -0.05) is 19.1 Å². The first-order valence-corrected chi connectivity index (χ1v) is 9.90. The molecule has 0 saturated heterocycles. The predicted molar refractivity (Wildman–Crippen MR) is 115 cm³/mol. The van der Waals surface area contributed by atoms with Crippen molar-refractivity contribution in [2.45, 2.75) is 20.3 Å². The largest absolute Gasteiger partial charge is 0.494 e. The smallest absolute Gasteiger partial charge is 0.262 e. The maximum Gasteiger partial charge on any atom is 0.262 e. The SMILES string of the molecule is CCCOc1ccc(OCC(=O)Nc2ccc(-c3ccc(OCC)nn3)cc2)cc1. The highest BCUT2D eigenvalue weighted by atomic mass is 16.5. The lowest BCUT2D eigenvalue weighted by Gasteiger charge is -2.09. The van der Waals surface area contributed by atoms with Crippen molar-refractivity contribution in [3.05, 3.63) is 60.7 Å². The summed E-state index contributed by atoms with van der Waals surface area (Å²) in [4.78, 5) is 12.2. The number of anilines is 1. The summed E-state index contributed by atoms with van der Waals surface area (Å²) in [5.74, 6) is 1.65.